The van der Waals surface area contributed by atoms with Gasteiger partial charge in [0.15, 0.2) is 0 Å². The summed E-state index contributed by atoms with van der Waals surface area (Å²) in [5.74, 6) is 0.791. The van der Waals surface area contributed by atoms with E-state index in [1.807, 2.05) is 0 Å². The highest BCUT2D eigenvalue weighted by molar-refractivity contribution is 14.1. The Morgan fingerprint density at radius 2 is 1.50 bits per heavy atom. The van der Waals surface area contributed by atoms with E-state index in [-0.39, 0.29) is 6.84 Å². The highest BCUT2D eigenvalue weighted by Crippen LogP contribution is 2.43. The Balaban J connectivity index is 2.45. The van der Waals surface area contributed by atoms with Crippen molar-refractivity contribution in [3.8, 4) is 0 Å². The van der Waals surface area contributed by atoms with Crippen LogP contribution in [-0.4, -0.2) is 0 Å². The van der Waals surface area contributed by atoms with Gasteiger partial charge < -0.3 is 0 Å². The number of hydrogen-bond acceptors (Lipinski definition) is 0. The molecule has 0 unspecified atom stereocenters. The highest BCUT2D eigenvalue weighted by Gasteiger charge is 2.27. The average Bonchev–Trinajstić information content (AvgIpc) is 2.37. The molecule has 1 aromatic carbocycles. The van der Waals surface area contributed by atoms with Gasteiger partial charge in [-0.05, 0) is 63.1 Å². The summed E-state index contributed by atoms with van der Waals surface area (Å²) in [6.45, 7) is 9.29. The van der Waals surface area contributed by atoms with Crippen molar-refractivity contribution in [2.75, 3.05) is 0 Å². The van der Waals surface area contributed by atoms with Gasteiger partial charge in [-0.25, -0.2) is 0 Å². The summed E-state index contributed by atoms with van der Waals surface area (Å²) >= 11 is 5.16. The quantitative estimate of drug-likeness (QED) is 0.310. The van der Waals surface area contributed by atoms with Crippen molar-refractivity contribution in [1.29, 1.82) is 0 Å². The predicted molar refractivity (Wildman–Crippen MR) is 106 cm³/mol. The number of rotatable bonds is 3. The second kappa shape index (κ2) is 6.43. The van der Waals surface area contributed by atoms with E-state index in [2.05, 4.69) is 91.1 Å². The first kappa shape index (κ1) is 17.0. The Hall–Kier alpha value is 0.680. The first-order chi connectivity index (χ1) is 9.19. The third kappa shape index (κ3) is 4.11. The van der Waals surface area contributed by atoms with Crippen LogP contribution in [0.1, 0.15) is 82.4 Å². The Labute approximate surface area is 151 Å². The molecule has 2 rings (SSSR count). The lowest BCUT2D eigenvalue weighted by Crippen LogP contribution is -2.17. The zero-order chi connectivity index (χ0) is 15.0. The van der Waals surface area contributed by atoms with Crippen LogP contribution in [0, 0.1) is 0 Å². The molecule has 0 amide bonds. The van der Waals surface area contributed by atoms with Crippen LogP contribution in [0.4, 0.5) is 0 Å². The van der Waals surface area contributed by atoms with E-state index >= 15 is 0 Å². The summed E-state index contributed by atoms with van der Waals surface area (Å²) in [6, 6.07) is 7.27. The largest absolute Gasteiger partial charge is 0.0743 e. The van der Waals surface area contributed by atoms with Gasteiger partial charge in [0, 0.05) is 6.84 Å². The Bertz CT molecular complexity index is 457. The molecule has 0 bridgehead atoms. The number of alkyl halides is 2. The first-order valence-corrected chi connectivity index (χ1v) is 9.88. The maximum Gasteiger partial charge on any atom is 0.0417 e. The number of benzene rings is 1. The summed E-state index contributed by atoms with van der Waals surface area (Å²) in [5.41, 5.74) is 4.64. The van der Waals surface area contributed by atoms with E-state index in [1.165, 1.54) is 37.7 Å². The molecule has 0 N–H and O–H groups in total. The minimum atomic E-state index is 0.208. The molecule has 0 nitrogen and oxygen atoms in total. The lowest BCUT2D eigenvalue weighted by molar-refractivity contribution is 0.440. The highest BCUT2D eigenvalue weighted by atomic mass is 127. The van der Waals surface area contributed by atoms with Crippen molar-refractivity contribution in [2.45, 2.75) is 72.6 Å². The molecule has 0 saturated heterocycles. The van der Waals surface area contributed by atoms with Crippen LogP contribution >= 0.6 is 45.2 Å². The topological polar surface area (TPSA) is 0 Å². The number of hydrogen-bond donors (Lipinski definition) is 0. The van der Waals surface area contributed by atoms with Crippen LogP contribution in [0.15, 0.2) is 18.2 Å². The minimum absolute atomic E-state index is 0.208. The van der Waals surface area contributed by atoms with Gasteiger partial charge >= 0.3 is 0 Å². The monoisotopic (exact) mass is 496 g/mol. The average molecular weight is 496 g/mol. The molecule has 0 atom stereocenters. The molecule has 112 valence electrons. The van der Waals surface area contributed by atoms with Gasteiger partial charge in [0.05, 0.1) is 0 Å². The smallest absolute Gasteiger partial charge is 0.0417 e. The molecule has 1 aromatic rings. The van der Waals surface area contributed by atoms with Crippen molar-refractivity contribution >= 4 is 45.2 Å². The maximum atomic E-state index is 2.61. The summed E-state index contributed by atoms with van der Waals surface area (Å²) < 4.78 is 0.419. The van der Waals surface area contributed by atoms with E-state index in [1.54, 1.807) is 11.1 Å². The van der Waals surface area contributed by atoms with Gasteiger partial charge in [-0.1, -0.05) is 82.6 Å². The summed E-state index contributed by atoms with van der Waals surface area (Å²) in [5, 5.41) is 0. The maximum absolute atomic E-state index is 2.61. The van der Waals surface area contributed by atoms with Crippen molar-refractivity contribution in [3.63, 3.8) is 0 Å². The van der Waals surface area contributed by atoms with Crippen molar-refractivity contribution in [2.24, 2.45) is 0 Å². The van der Waals surface area contributed by atoms with E-state index in [4.69, 9.17) is 0 Å². The standard InChI is InChI=1S/C18H26I2/c1-17(2,19)14-10-11-15(13-8-6-5-7-9-13)16(12-14)18(3,4)20/h10-13H,5-9H2,1-4H3. The van der Waals surface area contributed by atoms with Crippen molar-refractivity contribution < 1.29 is 0 Å². The zero-order valence-corrected chi connectivity index (χ0v) is 17.4. The molecular formula is C18H26I2. The Kier molecular flexibility index (Phi) is 5.48. The third-order valence-corrected chi connectivity index (χ3v) is 5.63. The van der Waals surface area contributed by atoms with Gasteiger partial charge in [0.1, 0.15) is 0 Å². The van der Waals surface area contributed by atoms with Crippen LogP contribution in [0.25, 0.3) is 0 Å². The van der Waals surface area contributed by atoms with Gasteiger partial charge in [-0.3, -0.25) is 0 Å². The van der Waals surface area contributed by atoms with Crippen molar-refractivity contribution in [3.05, 3.63) is 34.9 Å². The second-order valence-corrected chi connectivity index (χ2v) is 12.5. The van der Waals surface area contributed by atoms with Crippen LogP contribution < -0.4 is 0 Å². The zero-order valence-electron chi connectivity index (χ0n) is 13.1. The molecule has 1 aliphatic rings. The Morgan fingerprint density at radius 3 is 2.00 bits per heavy atom. The molecule has 1 aliphatic carbocycles. The van der Waals surface area contributed by atoms with Crippen LogP contribution in [-0.2, 0) is 6.84 Å². The normalized spacial score (nSPS) is 18.3. The second-order valence-electron chi connectivity index (χ2n) is 7.08. The molecular weight excluding hydrogens is 470 g/mol. The van der Waals surface area contributed by atoms with E-state index in [9.17, 15) is 0 Å². The summed E-state index contributed by atoms with van der Waals surface area (Å²) in [7, 11) is 0. The fourth-order valence-electron chi connectivity index (χ4n) is 3.21. The number of halogens is 2. The summed E-state index contributed by atoms with van der Waals surface area (Å²) in [4.78, 5) is 0. The fourth-order valence-corrected chi connectivity index (χ4v) is 4.01. The SMILES string of the molecule is CC(C)(I)c1ccc(C2CCCCC2)c(C(C)(C)I)c1. The molecule has 1 fully saturated rings. The predicted octanol–water partition coefficient (Wildman–Crippen LogP) is 7.07. The van der Waals surface area contributed by atoms with Crippen LogP contribution in [0.5, 0.6) is 0 Å². The fraction of sp³-hybridized carbons (Fsp3) is 0.667. The van der Waals surface area contributed by atoms with Gasteiger partial charge in [-0.15, -0.1) is 0 Å². The minimum Gasteiger partial charge on any atom is -0.0743 e. The molecule has 2 heteroatoms. The molecule has 0 aliphatic heterocycles. The first-order valence-electron chi connectivity index (χ1n) is 7.72. The third-order valence-electron chi connectivity index (χ3n) is 4.43. The molecule has 0 heterocycles. The lowest BCUT2D eigenvalue weighted by atomic mass is 9.79. The van der Waals surface area contributed by atoms with E-state index in [0.29, 0.717) is 0 Å². The van der Waals surface area contributed by atoms with Gasteiger partial charge in [0.25, 0.3) is 0 Å². The molecule has 0 spiro atoms. The van der Waals surface area contributed by atoms with Gasteiger partial charge in [-0.2, -0.15) is 0 Å². The van der Waals surface area contributed by atoms with Crippen LogP contribution in [0.2, 0.25) is 0 Å². The van der Waals surface area contributed by atoms with E-state index < -0.39 is 0 Å². The molecule has 0 aromatic heterocycles. The van der Waals surface area contributed by atoms with Crippen molar-refractivity contribution in [1.82, 2.24) is 0 Å². The van der Waals surface area contributed by atoms with Gasteiger partial charge in [0.2, 0.25) is 0 Å². The molecule has 0 radical (unpaired) electrons. The Morgan fingerprint density at radius 1 is 0.900 bits per heavy atom. The lowest BCUT2D eigenvalue weighted by Gasteiger charge is -2.31. The van der Waals surface area contributed by atoms with Crippen LogP contribution in [0.3, 0.4) is 0 Å². The molecule has 20 heavy (non-hydrogen) atoms. The van der Waals surface area contributed by atoms with E-state index in [0.717, 1.165) is 5.92 Å². The molecule has 1 saturated carbocycles. The summed E-state index contributed by atoms with van der Waals surface area (Å²) in [6.07, 6.45) is 7.01.